The molecule has 0 fully saturated rings. The largest absolute Gasteiger partial charge is 0.495 e. The highest BCUT2D eigenvalue weighted by Crippen LogP contribution is 2.37. The number of Topliss-reactive ketones (excluding diaryl/α,β-unsaturated/α-hetero) is 1. The third-order valence-corrected chi connectivity index (χ3v) is 7.97. The molecule has 294 valence electrons. The predicted molar refractivity (Wildman–Crippen MR) is 221 cm³/mol. The fourth-order valence-electron chi connectivity index (χ4n) is 3.92. The molecule has 0 aromatic heterocycles. The molecule has 14 nitrogen and oxygen atoms in total. The summed E-state index contributed by atoms with van der Waals surface area (Å²) in [5.74, 6) is -1.01. The van der Waals surface area contributed by atoms with E-state index in [-0.39, 0.29) is 17.7 Å². The first-order chi connectivity index (χ1) is 26.0. The first-order valence-corrected chi connectivity index (χ1v) is 17.2. The van der Waals surface area contributed by atoms with E-state index in [0.717, 1.165) is 18.1 Å². The lowest BCUT2D eigenvalue weighted by molar-refractivity contribution is -0.115. The van der Waals surface area contributed by atoms with Crippen LogP contribution in [0.25, 0.3) is 11.1 Å². The Morgan fingerprint density at radius 1 is 0.600 bits per heavy atom. The van der Waals surface area contributed by atoms with E-state index in [1.54, 1.807) is 24.3 Å². The monoisotopic (exact) mass is 836 g/mol. The Hall–Kier alpha value is -5.54. The summed E-state index contributed by atoms with van der Waals surface area (Å²) in [6.07, 6.45) is 0.148. The van der Waals surface area contributed by atoms with Crippen LogP contribution in [0.2, 0.25) is 20.1 Å². The van der Waals surface area contributed by atoms with Crippen molar-refractivity contribution in [1.82, 2.24) is 0 Å². The fraction of sp³-hybridized carbons (Fsp3) is 0.189. The molecule has 0 aliphatic carbocycles. The highest BCUT2D eigenvalue weighted by molar-refractivity contribution is 6.66. The van der Waals surface area contributed by atoms with Crippen molar-refractivity contribution in [3.8, 4) is 34.1 Å². The van der Waals surface area contributed by atoms with Gasteiger partial charge in [0.05, 0.1) is 71.3 Å². The molecule has 0 heterocycles. The lowest BCUT2D eigenvalue weighted by atomic mass is 10.1. The van der Waals surface area contributed by atoms with Gasteiger partial charge >= 0.3 is 0 Å². The maximum atomic E-state index is 11.6. The molecule has 0 saturated carbocycles. The molecule has 0 aliphatic rings. The number of halogens is 4. The van der Waals surface area contributed by atoms with Gasteiger partial charge in [0.25, 0.3) is 11.8 Å². The van der Waals surface area contributed by atoms with Crippen LogP contribution in [-0.4, -0.2) is 63.7 Å². The molecular formula is C37H40Cl4N6O8. The van der Waals surface area contributed by atoms with Crippen molar-refractivity contribution in [3.63, 3.8) is 0 Å². The Bertz CT molecular complexity index is 2000. The summed E-state index contributed by atoms with van der Waals surface area (Å²) >= 11 is 23.7. The maximum absolute atomic E-state index is 11.6. The standard InChI is InChI=1S/C12H10Cl2N2.C12H13ClN2O4.C11H11ClN2O4.C2H6/c13-9-5-7(1-3-11(9)15)8-2-4-12(16)10(14)6-8;1-6(16)11(14)12(17)15-8-5-9(18-2)7(13)4-10(8)19-3;1-17-9-4-8(10(18-2)3-6(9)12)14-11(16)7(13)5-15;1-2/h1-6H,15-16H2;4-5,14H,1-3H3,(H,15,17);3-5,13H,1-2H3,(H,14,16);1-2H3. The zero-order valence-corrected chi connectivity index (χ0v) is 33.8. The minimum Gasteiger partial charge on any atom is -0.495 e. The van der Waals surface area contributed by atoms with E-state index >= 15 is 0 Å². The van der Waals surface area contributed by atoms with Crippen LogP contribution in [0.3, 0.4) is 0 Å². The number of anilines is 4. The molecule has 4 aromatic carbocycles. The van der Waals surface area contributed by atoms with Crippen LogP contribution in [0.5, 0.6) is 23.0 Å². The van der Waals surface area contributed by atoms with Crippen molar-refractivity contribution in [2.75, 3.05) is 50.5 Å². The SMILES string of the molecule is CC.COc1cc(NC(=O)C(=N)C(C)=O)c(OC)cc1Cl.COc1cc(NC(=O)C(=N)C=O)c(OC)cc1Cl.Nc1ccc(-c2ccc(N)c(Cl)c2)cc1Cl. The summed E-state index contributed by atoms with van der Waals surface area (Å²) in [7, 11) is 5.66. The van der Waals surface area contributed by atoms with E-state index in [4.69, 9.17) is 87.6 Å². The summed E-state index contributed by atoms with van der Waals surface area (Å²) in [6, 6.07) is 16.7. The summed E-state index contributed by atoms with van der Waals surface area (Å²) < 4.78 is 20.1. The van der Waals surface area contributed by atoms with E-state index in [1.165, 1.54) is 52.7 Å². The van der Waals surface area contributed by atoms with Gasteiger partial charge < -0.3 is 41.0 Å². The molecule has 55 heavy (non-hydrogen) atoms. The van der Waals surface area contributed by atoms with Crippen molar-refractivity contribution in [2.24, 2.45) is 0 Å². The number of amides is 2. The zero-order valence-electron chi connectivity index (χ0n) is 30.8. The molecule has 0 spiro atoms. The number of carbonyl (C=O) groups is 4. The first-order valence-electron chi connectivity index (χ1n) is 15.7. The van der Waals surface area contributed by atoms with E-state index in [0.29, 0.717) is 54.5 Å². The van der Waals surface area contributed by atoms with Gasteiger partial charge in [-0.05, 0) is 35.4 Å². The maximum Gasteiger partial charge on any atom is 0.277 e. The van der Waals surface area contributed by atoms with E-state index in [9.17, 15) is 19.2 Å². The molecule has 0 unspecified atom stereocenters. The smallest absolute Gasteiger partial charge is 0.277 e. The van der Waals surface area contributed by atoms with Crippen LogP contribution in [-0.2, 0) is 19.2 Å². The number of aldehydes is 1. The van der Waals surface area contributed by atoms with Gasteiger partial charge in [-0.1, -0.05) is 72.4 Å². The fourth-order valence-corrected chi connectivity index (χ4v) is 4.74. The molecule has 4 rings (SSSR count). The Labute approximate surface area is 338 Å². The molecule has 8 N–H and O–H groups in total. The average Bonchev–Trinajstić information content (AvgIpc) is 3.18. The van der Waals surface area contributed by atoms with Crippen molar-refractivity contribution in [1.29, 1.82) is 10.8 Å². The van der Waals surface area contributed by atoms with Gasteiger partial charge in [0.1, 0.15) is 23.0 Å². The second kappa shape index (κ2) is 23.3. The molecule has 4 aromatic rings. The third kappa shape index (κ3) is 14.0. The minimum absolute atomic E-state index is 0.148. The number of carbonyl (C=O) groups excluding carboxylic acids is 4. The van der Waals surface area contributed by atoms with E-state index in [2.05, 4.69) is 10.6 Å². The summed E-state index contributed by atoms with van der Waals surface area (Å²) in [6.45, 7) is 5.14. The molecule has 0 atom stereocenters. The second-order valence-corrected chi connectivity index (χ2v) is 11.8. The van der Waals surface area contributed by atoms with Gasteiger partial charge in [0.15, 0.2) is 23.5 Å². The minimum atomic E-state index is -0.840. The van der Waals surface area contributed by atoms with Crippen LogP contribution in [0, 0.1) is 10.8 Å². The number of nitrogen functional groups attached to an aromatic ring is 2. The molecule has 2 amide bonds. The van der Waals surface area contributed by atoms with Gasteiger partial charge in [0, 0.05) is 31.2 Å². The number of nitrogens with one attached hydrogen (secondary N) is 4. The van der Waals surface area contributed by atoms with Gasteiger partial charge in [-0.2, -0.15) is 0 Å². The molecular weight excluding hydrogens is 798 g/mol. The van der Waals surface area contributed by atoms with Crippen LogP contribution >= 0.6 is 46.4 Å². The van der Waals surface area contributed by atoms with Crippen molar-refractivity contribution in [2.45, 2.75) is 20.8 Å². The first kappa shape index (κ1) is 47.5. The van der Waals surface area contributed by atoms with Gasteiger partial charge in [-0.3, -0.25) is 30.0 Å². The predicted octanol–water partition coefficient (Wildman–Crippen LogP) is 8.27. The van der Waals surface area contributed by atoms with Gasteiger partial charge in [-0.15, -0.1) is 0 Å². The highest BCUT2D eigenvalue weighted by Gasteiger charge is 2.18. The van der Waals surface area contributed by atoms with Crippen LogP contribution in [0.1, 0.15) is 20.8 Å². The topological polar surface area (TPSA) is 229 Å². The summed E-state index contributed by atoms with van der Waals surface area (Å²) in [4.78, 5) is 44.3. The van der Waals surface area contributed by atoms with Crippen molar-refractivity contribution in [3.05, 3.63) is 80.8 Å². The molecule has 0 radical (unpaired) electrons. The quantitative estimate of drug-likeness (QED) is 0.0366. The number of hydrogen-bond acceptors (Lipinski definition) is 12. The highest BCUT2D eigenvalue weighted by atomic mass is 35.5. The number of rotatable bonds is 11. The average molecular weight is 839 g/mol. The molecule has 18 heteroatoms. The van der Waals surface area contributed by atoms with E-state index < -0.39 is 29.0 Å². The van der Waals surface area contributed by atoms with Crippen LogP contribution < -0.4 is 41.0 Å². The van der Waals surface area contributed by atoms with Gasteiger partial charge in [0.2, 0.25) is 0 Å². The Morgan fingerprint density at radius 3 is 1.27 bits per heavy atom. The van der Waals surface area contributed by atoms with Gasteiger partial charge in [-0.25, -0.2) is 0 Å². The van der Waals surface area contributed by atoms with Crippen LogP contribution in [0.4, 0.5) is 22.7 Å². The Balaban J connectivity index is 0.000000404. The number of nitrogens with two attached hydrogens (primary N) is 2. The molecule has 0 aliphatic heterocycles. The molecule has 0 saturated heterocycles. The lowest BCUT2D eigenvalue weighted by Crippen LogP contribution is -2.27. The number of hydrogen-bond donors (Lipinski definition) is 6. The Morgan fingerprint density at radius 2 is 0.964 bits per heavy atom. The number of ether oxygens (including phenoxy) is 4. The normalized spacial score (nSPS) is 9.58. The lowest BCUT2D eigenvalue weighted by Gasteiger charge is -2.12. The number of ketones is 1. The summed E-state index contributed by atoms with van der Waals surface area (Å²) in [5, 5.41) is 20.8. The number of methoxy groups -OCH3 is 4. The van der Waals surface area contributed by atoms with Crippen molar-refractivity contribution >= 4 is 104 Å². The Kier molecular flexibility index (Phi) is 20.1. The summed E-state index contributed by atoms with van der Waals surface area (Å²) in [5.41, 5.74) is 13.5. The number of benzene rings is 4. The molecule has 0 bridgehead atoms. The second-order valence-electron chi connectivity index (χ2n) is 10.2. The van der Waals surface area contributed by atoms with E-state index in [1.807, 2.05) is 26.0 Å². The zero-order chi connectivity index (χ0) is 42.0. The van der Waals surface area contributed by atoms with Crippen molar-refractivity contribution < 1.29 is 38.1 Å². The van der Waals surface area contributed by atoms with Crippen LogP contribution in [0.15, 0.2) is 60.7 Å². The third-order valence-electron chi connectivity index (χ3n) is 6.72.